The van der Waals surface area contributed by atoms with Crippen LogP contribution < -0.4 is 0 Å². The van der Waals surface area contributed by atoms with Gasteiger partial charge in [-0.2, -0.15) is 5.26 Å². The number of hydrogen-bond donors (Lipinski definition) is 0. The fourth-order valence-electron chi connectivity index (χ4n) is 3.42. The van der Waals surface area contributed by atoms with Crippen molar-refractivity contribution in [3.05, 3.63) is 105 Å². The highest BCUT2D eigenvalue weighted by atomic mass is 35.5. The topological polar surface area (TPSA) is 28.7 Å². The zero-order valence-corrected chi connectivity index (χ0v) is 17.4. The van der Waals surface area contributed by atoms with Crippen molar-refractivity contribution >= 4 is 45.8 Å². The van der Waals surface area contributed by atoms with E-state index in [-0.39, 0.29) is 0 Å². The van der Waals surface area contributed by atoms with E-state index in [9.17, 15) is 5.26 Å². The van der Waals surface area contributed by atoms with E-state index in [1.54, 1.807) is 6.07 Å². The van der Waals surface area contributed by atoms with Crippen molar-refractivity contribution in [1.29, 1.82) is 5.26 Å². The molecule has 0 saturated heterocycles. The summed E-state index contributed by atoms with van der Waals surface area (Å²) in [6, 6.07) is 24.1. The first-order valence-corrected chi connectivity index (χ1v) is 10.0. The molecule has 1 aromatic heterocycles. The number of rotatable bonds is 4. The molecule has 4 aromatic rings. The normalized spacial score (nSPS) is 11.6. The van der Waals surface area contributed by atoms with Crippen molar-refractivity contribution < 1.29 is 0 Å². The molecule has 0 fully saturated rings. The zero-order valence-electron chi connectivity index (χ0n) is 15.9. The van der Waals surface area contributed by atoms with E-state index in [1.165, 1.54) is 5.56 Å². The number of nitriles is 1. The Labute approximate surface area is 180 Å². The predicted molar refractivity (Wildman–Crippen MR) is 122 cm³/mol. The lowest BCUT2D eigenvalue weighted by atomic mass is 10.0. The summed E-state index contributed by atoms with van der Waals surface area (Å²) in [5.41, 5.74) is 5.80. The Bertz CT molecular complexity index is 1260. The average molecular weight is 417 g/mol. The maximum Gasteiger partial charge on any atom is 0.0998 e. The van der Waals surface area contributed by atoms with Gasteiger partial charge in [-0.25, -0.2) is 0 Å². The van der Waals surface area contributed by atoms with E-state index in [0.29, 0.717) is 22.2 Å². The second-order valence-electron chi connectivity index (χ2n) is 7.00. The fourth-order valence-corrected chi connectivity index (χ4v) is 3.89. The van der Waals surface area contributed by atoms with E-state index in [1.807, 2.05) is 61.5 Å². The van der Waals surface area contributed by atoms with Gasteiger partial charge in [0.15, 0.2) is 0 Å². The number of aryl methyl sites for hydroxylation is 1. The van der Waals surface area contributed by atoms with Crippen LogP contribution in [0.15, 0.2) is 72.9 Å². The summed E-state index contributed by atoms with van der Waals surface area (Å²) < 4.78 is 2.15. The van der Waals surface area contributed by atoms with E-state index >= 15 is 0 Å². The molecule has 4 rings (SSSR count). The van der Waals surface area contributed by atoms with Crippen LogP contribution in [-0.4, -0.2) is 4.57 Å². The van der Waals surface area contributed by atoms with Gasteiger partial charge in [-0.15, -0.1) is 0 Å². The number of hydrogen-bond acceptors (Lipinski definition) is 1. The minimum absolute atomic E-state index is 0.622. The van der Waals surface area contributed by atoms with Crippen molar-refractivity contribution in [1.82, 2.24) is 4.57 Å². The molecule has 29 heavy (non-hydrogen) atoms. The SMILES string of the molecule is Cc1ccc(/C(C#N)=C\c2cn(Cc3ccc(Cl)cc3Cl)c3ccccc23)cc1. The molecule has 0 unspecified atom stereocenters. The maximum absolute atomic E-state index is 9.73. The molecule has 0 radical (unpaired) electrons. The quantitative estimate of drug-likeness (QED) is 0.319. The monoisotopic (exact) mass is 416 g/mol. The molecule has 2 nitrogen and oxygen atoms in total. The molecule has 0 aliphatic rings. The fraction of sp³-hybridized carbons (Fsp3) is 0.0800. The van der Waals surface area contributed by atoms with E-state index in [0.717, 1.165) is 27.6 Å². The average Bonchev–Trinajstić information content (AvgIpc) is 3.06. The van der Waals surface area contributed by atoms with E-state index < -0.39 is 0 Å². The van der Waals surface area contributed by atoms with Gasteiger partial charge in [0.2, 0.25) is 0 Å². The van der Waals surface area contributed by atoms with Crippen LogP contribution in [0.4, 0.5) is 0 Å². The summed E-state index contributed by atoms with van der Waals surface area (Å²) in [6.45, 7) is 2.66. The van der Waals surface area contributed by atoms with Gasteiger partial charge in [-0.1, -0.05) is 77.3 Å². The first-order valence-electron chi connectivity index (χ1n) is 9.26. The van der Waals surface area contributed by atoms with Crippen molar-refractivity contribution in [3.63, 3.8) is 0 Å². The molecule has 3 aromatic carbocycles. The number of aromatic nitrogens is 1. The Morgan fingerprint density at radius 3 is 2.52 bits per heavy atom. The summed E-state index contributed by atoms with van der Waals surface area (Å²) in [7, 11) is 0. The zero-order chi connectivity index (χ0) is 20.4. The Balaban J connectivity index is 1.79. The summed E-state index contributed by atoms with van der Waals surface area (Å²) in [5.74, 6) is 0. The number of benzene rings is 3. The third kappa shape index (κ3) is 4.07. The molecule has 1 heterocycles. The molecule has 0 aliphatic carbocycles. The summed E-state index contributed by atoms with van der Waals surface area (Å²) in [4.78, 5) is 0. The van der Waals surface area contributed by atoms with Gasteiger partial charge in [0.05, 0.1) is 11.6 Å². The number of nitrogens with zero attached hydrogens (tertiary/aromatic N) is 2. The number of allylic oxidation sites excluding steroid dienone is 1. The molecule has 0 bridgehead atoms. The van der Waals surface area contributed by atoms with Crippen LogP contribution >= 0.6 is 23.2 Å². The van der Waals surface area contributed by atoms with Crippen molar-refractivity contribution in [2.75, 3.05) is 0 Å². The van der Waals surface area contributed by atoms with E-state index in [2.05, 4.69) is 29.0 Å². The van der Waals surface area contributed by atoms with Gasteiger partial charge < -0.3 is 4.57 Å². The first kappa shape index (κ1) is 19.3. The van der Waals surface area contributed by atoms with E-state index in [4.69, 9.17) is 23.2 Å². The van der Waals surface area contributed by atoms with Gasteiger partial charge in [-0.05, 0) is 42.3 Å². The van der Waals surface area contributed by atoms with Gasteiger partial charge >= 0.3 is 0 Å². The second-order valence-corrected chi connectivity index (χ2v) is 7.84. The van der Waals surface area contributed by atoms with Gasteiger partial charge in [0, 0.05) is 39.3 Å². The first-order chi connectivity index (χ1) is 14.0. The molecule has 142 valence electrons. The Morgan fingerprint density at radius 2 is 1.79 bits per heavy atom. The summed E-state index contributed by atoms with van der Waals surface area (Å²) in [5, 5.41) is 12.1. The molecule has 0 amide bonds. The molecule has 0 N–H and O–H groups in total. The molecular weight excluding hydrogens is 399 g/mol. The predicted octanol–water partition coefficient (Wildman–Crippen LogP) is 7.37. The maximum atomic E-state index is 9.73. The third-order valence-corrected chi connectivity index (χ3v) is 5.55. The molecule has 0 atom stereocenters. The van der Waals surface area contributed by atoms with Crippen LogP contribution in [0.3, 0.4) is 0 Å². The Morgan fingerprint density at radius 1 is 1.03 bits per heavy atom. The standard InChI is InChI=1S/C25H18Cl2N2/c1-17-6-8-18(9-7-17)20(14-28)12-21-16-29(25-5-3-2-4-23(21)25)15-19-10-11-22(26)13-24(19)27/h2-13,16H,15H2,1H3/b20-12-. The molecular formula is C25H18Cl2N2. The largest absolute Gasteiger partial charge is 0.342 e. The van der Waals surface area contributed by atoms with Crippen molar-refractivity contribution in [3.8, 4) is 6.07 Å². The van der Waals surface area contributed by atoms with Crippen LogP contribution in [0.5, 0.6) is 0 Å². The lowest BCUT2D eigenvalue weighted by Crippen LogP contribution is -1.98. The third-order valence-electron chi connectivity index (χ3n) is 4.96. The summed E-state index contributed by atoms with van der Waals surface area (Å²) >= 11 is 12.4. The molecule has 0 saturated carbocycles. The van der Waals surface area contributed by atoms with Gasteiger partial charge in [0.1, 0.15) is 0 Å². The Hall–Kier alpha value is -2.99. The number of para-hydroxylation sites is 1. The highest BCUT2D eigenvalue weighted by Gasteiger charge is 2.10. The van der Waals surface area contributed by atoms with Crippen molar-refractivity contribution in [2.24, 2.45) is 0 Å². The van der Waals surface area contributed by atoms with Crippen LogP contribution in [0.1, 0.15) is 22.3 Å². The minimum atomic E-state index is 0.622. The highest BCUT2D eigenvalue weighted by Crippen LogP contribution is 2.28. The number of fused-ring (bicyclic) bond motifs is 1. The number of halogens is 2. The van der Waals surface area contributed by atoms with Gasteiger partial charge in [0.25, 0.3) is 0 Å². The lowest BCUT2D eigenvalue weighted by molar-refractivity contribution is 0.836. The second kappa shape index (κ2) is 8.17. The summed E-state index contributed by atoms with van der Waals surface area (Å²) in [6.07, 6.45) is 4.02. The smallest absolute Gasteiger partial charge is 0.0998 e. The lowest BCUT2D eigenvalue weighted by Gasteiger charge is -2.08. The van der Waals surface area contributed by atoms with Crippen molar-refractivity contribution in [2.45, 2.75) is 13.5 Å². The molecule has 0 aliphatic heterocycles. The minimum Gasteiger partial charge on any atom is -0.342 e. The molecule has 4 heteroatoms. The van der Waals surface area contributed by atoms with Crippen LogP contribution in [-0.2, 0) is 6.54 Å². The van der Waals surface area contributed by atoms with Gasteiger partial charge in [-0.3, -0.25) is 0 Å². The Kier molecular flexibility index (Phi) is 5.45. The van der Waals surface area contributed by atoms with Crippen LogP contribution in [0, 0.1) is 18.3 Å². The molecule has 0 spiro atoms. The van der Waals surface area contributed by atoms with Crippen LogP contribution in [0.25, 0.3) is 22.6 Å². The van der Waals surface area contributed by atoms with Crippen LogP contribution in [0.2, 0.25) is 10.0 Å². The highest BCUT2D eigenvalue weighted by molar-refractivity contribution is 6.35.